The number of benzene rings is 1. The Hall–Kier alpha value is -2.72. The molecule has 1 aromatic carbocycles. The number of carbonyl (C=O) groups is 1. The number of ketones is 1. The molecule has 0 bridgehead atoms. The van der Waals surface area contributed by atoms with Crippen molar-refractivity contribution in [3.05, 3.63) is 64.2 Å². The molecule has 2 atom stereocenters. The Balaban J connectivity index is 1.91. The monoisotopic (exact) mass is 459 g/mol. The summed E-state index contributed by atoms with van der Waals surface area (Å²) in [6, 6.07) is 6.53. The molecule has 2 heterocycles. The van der Waals surface area contributed by atoms with Crippen molar-refractivity contribution in [2.45, 2.75) is 31.2 Å². The van der Waals surface area contributed by atoms with Gasteiger partial charge >= 0.3 is 6.18 Å². The van der Waals surface area contributed by atoms with E-state index in [2.05, 4.69) is 9.98 Å². The summed E-state index contributed by atoms with van der Waals surface area (Å²) in [6.45, 7) is -0.512. The van der Waals surface area contributed by atoms with E-state index in [1.165, 1.54) is 37.4 Å². The molecule has 11 heteroatoms. The number of amidine groups is 1. The van der Waals surface area contributed by atoms with E-state index >= 15 is 0 Å². The Morgan fingerprint density at radius 3 is 2.74 bits per heavy atom. The van der Waals surface area contributed by atoms with Gasteiger partial charge in [0.05, 0.1) is 5.02 Å². The van der Waals surface area contributed by atoms with Crippen molar-refractivity contribution in [2.24, 2.45) is 10.7 Å². The van der Waals surface area contributed by atoms with E-state index in [-0.39, 0.29) is 36.1 Å². The highest BCUT2D eigenvalue weighted by molar-refractivity contribution is 6.30. The fraction of sp³-hybridized carbons (Fsp3) is 0.350. The van der Waals surface area contributed by atoms with Crippen LogP contribution in [0.2, 0.25) is 5.02 Å². The van der Waals surface area contributed by atoms with Crippen molar-refractivity contribution in [3.8, 4) is 0 Å². The van der Waals surface area contributed by atoms with E-state index in [4.69, 9.17) is 26.8 Å². The van der Waals surface area contributed by atoms with Gasteiger partial charge in [0.1, 0.15) is 36.4 Å². The second kappa shape index (κ2) is 8.80. The van der Waals surface area contributed by atoms with Crippen LogP contribution in [0.25, 0.3) is 0 Å². The Kier molecular flexibility index (Phi) is 6.51. The van der Waals surface area contributed by atoms with Crippen molar-refractivity contribution in [1.82, 2.24) is 4.98 Å². The molecular formula is C20H18ClF4N3O3. The lowest BCUT2D eigenvalue weighted by molar-refractivity contribution is -0.197. The van der Waals surface area contributed by atoms with Gasteiger partial charge < -0.3 is 15.2 Å². The Morgan fingerprint density at radius 1 is 1.35 bits per heavy atom. The molecule has 2 aromatic rings. The summed E-state index contributed by atoms with van der Waals surface area (Å²) in [5, 5.41) is 0.369. The number of nitrogens with zero attached hydrogens (tertiary/aromatic N) is 2. The molecule has 3 rings (SSSR count). The fourth-order valence-corrected chi connectivity index (χ4v) is 3.29. The number of halogens is 5. The summed E-state index contributed by atoms with van der Waals surface area (Å²) in [4.78, 5) is 20.5. The van der Waals surface area contributed by atoms with Crippen LogP contribution in [-0.2, 0) is 21.4 Å². The predicted octanol–water partition coefficient (Wildman–Crippen LogP) is 3.81. The molecule has 0 radical (unpaired) electrons. The molecule has 1 aromatic heterocycles. The molecule has 166 valence electrons. The molecule has 1 aliphatic rings. The number of nitrogens with two attached hydrogens (primary N) is 1. The fourth-order valence-electron chi connectivity index (χ4n) is 3.18. The lowest BCUT2D eigenvalue weighted by Crippen LogP contribution is -2.48. The van der Waals surface area contributed by atoms with E-state index in [0.29, 0.717) is 10.6 Å². The van der Waals surface area contributed by atoms with Gasteiger partial charge in [-0.2, -0.15) is 13.2 Å². The molecule has 2 N–H and O–H groups in total. The molecule has 0 saturated carbocycles. The van der Waals surface area contributed by atoms with Gasteiger partial charge in [0.2, 0.25) is 0 Å². The van der Waals surface area contributed by atoms with Crippen molar-refractivity contribution in [3.63, 3.8) is 0 Å². The average Bonchev–Trinajstić information content (AvgIpc) is 2.68. The normalized spacial score (nSPS) is 21.4. The highest BCUT2D eigenvalue weighted by atomic mass is 35.5. The molecule has 0 amide bonds. The van der Waals surface area contributed by atoms with Crippen molar-refractivity contribution in [1.29, 1.82) is 0 Å². The van der Waals surface area contributed by atoms with Gasteiger partial charge in [-0.1, -0.05) is 17.7 Å². The number of aliphatic imine (C=N–C) groups is 1. The van der Waals surface area contributed by atoms with Gasteiger partial charge in [0.25, 0.3) is 6.02 Å². The first-order valence-electron chi connectivity index (χ1n) is 9.08. The molecule has 0 spiro atoms. The number of Topliss-reactive ketones (excluding diaryl/α,β-unsaturated/α-hetero) is 1. The first-order chi connectivity index (χ1) is 14.5. The minimum atomic E-state index is -4.59. The Morgan fingerprint density at radius 2 is 2.10 bits per heavy atom. The lowest BCUT2D eigenvalue weighted by Gasteiger charge is -2.38. The predicted molar refractivity (Wildman–Crippen MR) is 104 cm³/mol. The van der Waals surface area contributed by atoms with Gasteiger partial charge in [-0.15, -0.1) is 0 Å². The van der Waals surface area contributed by atoms with Crippen LogP contribution in [0, 0.1) is 5.82 Å². The van der Waals surface area contributed by atoms with Crippen LogP contribution in [0.3, 0.4) is 0 Å². The van der Waals surface area contributed by atoms with Gasteiger partial charge in [-0.3, -0.25) is 9.78 Å². The first-order valence-corrected chi connectivity index (χ1v) is 9.46. The third kappa shape index (κ3) is 5.50. The maximum absolute atomic E-state index is 14.7. The number of carbonyl (C=O) groups excluding carboxylic acids is 1. The molecule has 1 aliphatic heterocycles. The van der Waals surface area contributed by atoms with Gasteiger partial charge in [0, 0.05) is 18.2 Å². The molecule has 0 saturated heterocycles. The van der Waals surface area contributed by atoms with Gasteiger partial charge in [-0.05, 0) is 36.8 Å². The average molecular weight is 460 g/mol. The second-order valence-electron chi connectivity index (χ2n) is 7.10. The minimum Gasteiger partial charge on any atom is -0.463 e. The van der Waals surface area contributed by atoms with Crippen LogP contribution in [-0.4, -0.2) is 42.3 Å². The highest BCUT2D eigenvalue weighted by Crippen LogP contribution is 2.37. The zero-order chi connectivity index (χ0) is 22.8. The van der Waals surface area contributed by atoms with Gasteiger partial charge in [0.15, 0.2) is 5.78 Å². The van der Waals surface area contributed by atoms with Crippen molar-refractivity contribution < 1.29 is 31.8 Å². The summed E-state index contributed by atoms with van der Waals surface area (Å²) in [5.41, 5.74) is 4.51. The Labute approximate surface area is 180 Å². The summed E-state index contributed by atoms with van der Waals surface area (Å²) in [5.74, 6) is -1.08. The maximum Gasteiger partial charge on any atom is 0.411 e. The number of rotatable bonds is 6. The van der Waals surface area contributed by atoms with Crippen LogP contribution >= 0.6 is 11.6 Å². The maximum atomic E-state index is 14.7. The van der Waals surface area contributed by atoms with Gasteiger partial charge in [-0.25, -0.2) is 9.38 Å². The summed E-state index contributed by atoms with van der Waals surface area (Å²) in [7, 11) is 0. The number of aromatic nitrogens is 1. The van der Waals surface area contributed by atoms with Crippen LogP contribution < -0.4 is 5.73 Å². The molecular weight excluding hydrogens is 442 g/mol. The topological polar surface area (TPSA) is 86.8 Å². The molecule has 0 aliphatic carbocycles. The highest BCUT2D eigenvalue weighted by Gasteiger charge is 2.44. The second-order valence-corrected chi connectivity index (χ2v) is 7.54. The van der Waals surface area contributed by atoms with Crippen LogP contribution in [0.15, 0.2) is 41.5 Å². The number of hydrogen-bond donors (Lipinski definition) is 1. The smallest absolute Gasteiger partial charge is 0.411 e. The quantitative estimate of drug-likeness (QED) is 0.524. The third-order valence-electron chi connectivity index (χ3n) is 4.75. The molecule has 31 heavy (non-hydrogen) atoms. The Bertz CT molecular complexity index is 998. The number of pyridine rings is 1. The zero-order valence-corrected chi connectivity index (χ0v) is 17.0. The number of ether oxygens (including phenoxy) is 2. The van der Waals surface area contributed by atoms with Crippen LogP contribution in [0.1, 0.15) is 28.5 Å². The number of alkyl halides is 3. The van der Waals surface area contributed by atoms with E-state index in [0.717, 1.165) is 6.07 Å². The molecule has 6 nitrogen and oxygen atoms in total. The van der Waals surface area contributed by atoms with Crippen molar-refractivity contribution >= 4 is 23.4 Å². The van der Waals surface area contributed by atoms with E-state index < -0.39 is 30.2 Å². The third-order valence-corrected chi connectivity index (χ3v) is 4.98. The zero-order valence-electron chi connectivity index (χ0n) is 16.2. The summed E-state index contributed by atoms with van der Waals surface area (Å²) in [6.07, 6.45) is -4.65. The number of hydrogen-bond acceptors (Lipinski definition) is 6. The largest absolute Gasteiger partial charge is 0.463 e. The van der Waals surface area contributed by atoms with E-state index in [9.17, 15) is 22.4 Å². The van der Waals surface area contributed by atoms with Crippen LogP contribution in [0.4, 0.5) is 17.6 Å². The van der Waals surface area contributed by atoms with E-state index in [1.807, 2.05) is 0 Å². The standard InChI is InChI=1S/C20H18ClF4N3O3/c1-19(17(9-30-18(26)28-19)31-10-20(23,24)25)13-6-11(2-4-14(13)22)7-16(29)15-5-3-12(21)8-27-15/h2-6,8,17H,7,9-10H2,1H3,(H2,26,28)/t17-,19+/m0/s1. The first kappa shape index (κ1) is 23.0. The summed E-state index contributed by atoms with van der Waals surface area (Å²) < 4.78 is 62.7. The SMILES string of the molecule is C[C@]1(c2cc(CC(=O)c3ccc(Cl)cn3)ccc2F)N=C(N)OC[C@@H]1OCC(F)(F)F. The van der Waals surface area contributed by atoms with E-state index in [1.54, 1.807) is 0 Å². The summed E-state index contributed by atoms with van der Waals surface area (Å²) >= 11 is 5.76. The molecule has 0 unspecified atom stereocenters. The lowest BCUT2D eigenvalue weighted by atomic mass is 9.84. The van der Waals surface area contributed by atoms with Crippen LogP contribution in [0.5, 0.6) is 0 Å². The minimum absolute atomic E-state index is 0.0692. The van der Waals surface area contributed by atoms with Crippen molar-refractivity contribution in [2.75, 3.05) is 13.2 Å². The molecule has 0 fully saturated rings.